The Bertz CT molecular complexity index is 562. The van der Waals surface area contributed by atoms with Crippen molar-refractivity contribution in [1.82, 2.24) is 0 Å². The Balaban J connectivity index is 1.99. The van der Waals surface area contributed by atoms with Gasteiger partial charge in [0.2, 0.25) is 0 Å². The van der Waals surface area contributed by atoms with Gasteiger partial charge in [0.05, 0.1) is 0 Å². The van der Waals surface area contributed by atoms with Crippen LogP contribution in [-0.2, 0) is 22.6 Å². The highest BCUT2D eigenvalue weighted by Gasteiger charge is 2.60. The summed E-state index contributed by atoms with van der Waals surface area (Å²) in [6, 6.07) is 8.87. The maximum absolute atomic E-state index is 12.3. The zero-order valence-electron chi connectivity index (χ0n) is 10.5. The van der Waals surface area contributed by atoms with Crippen molar-refractivity contribution in [3.63, 3.8) is 0 Å². The van der Waals surface area contributed by atoms with Gasteiger partial charge in [0.25, 0.3) is 0 Å². The van der Waals surface area contributed by atoms with Crippen LogP contribution in [0.25, 0.3) is 0 Å². The lowest BCUT2D eigenvalue weighted by atomic mass is 9.51. The second kappa shape index (κ2) is 3.57. The Morgan fingerprint density at radius 3 is 2.83 bits per heavy atom. The van der Waals surface area contributed by atoms with Crippen LogP contribution in [0.1, 0.15) is 30.4 Å². The zero-order chi connectivity index (χ0) is 12.2. The number of rotatable bonds is 0. The summed E-state index contributed by atoms with van der Waals surface area (Å²) in [6.45, 7) is 0. The number of fused-ring (bicyclic) bond motifs is 1. The number of aryl methyl sites for hydroxylation is 1. The molecule has 0 radical (unpaired) electrons. The van der Waals surface area contributed by atoms with E-state index < -0.39 is 10.8 Å². The number of allylic oxidation sites excluding steroid dienone is 2. The summed E-state index contributed by atoms with van der Waals surface area (Å²) in [5, 5.41) is 0. The van der Waals surface area contributed by atoms with E-state index in [-0.39, 0.29) is 5.41 Å². The summed E-state index contributed by atoms with van der Waals surface area (Å²) in [4.78, 5) is 0. The first kappa shape index (κ1) is 11.0. The van der Waals surface area contributed by atoms with Crippen molar-refractivity contribution in [2.45, 2.75) is 31.1 Å². The molecule has 1 fully saturated rings. The van der Waals surface area contributed by atoms with E-state index in [0.29, 0.717) is 5.41 Å². The van der Waals surface area contributed by atoms with E-state index in [9.17, 15) is 4.21 Å². The minimum Gasteiger partial charge on any atom is -0.260 e. The fourth-order valence-electron chi connectivity index (χ4n) is 4.51. The number of benzene rings is 1. The minimum atomic E-state index is -0.628. The van der Waals surface area contributed by atoms with Gasteiger partial charge < -0.3 is 0 Å². The van der Waals surface area contributed by atoms with Crippen LogP contribution < -0.4 is 0 Å². The van der Waals surface area contributed by atoms with Gasteiger partial charge in [0, 0.05) is 27.7 Å². The monoisotopic (exact) mass is 258 g/mol. The summed E-state index contributed by atoms with van der Waals surface area (Å²) in [5.41, 5.74) is 3.48. The first-order valence-corrected chi connectivity index (χ1v) is 8.33. The molecule has 4 rings (SSSR count). The van der Waals surface area contributed by atoms with Gasteiger partial charge in [-0.2, -0.15) is 0 Å². The molecule has 0 spiro atoms. The van der Waals surface area contributed by atoms with Gasteiger partial charge in [0.15, 0.2) is 0 Å². The second-order valence-electron chi connectivity index (χ2n) is 6.13. The van der Waals surface area contributed by atoms with E-state index in [1.54, 1.807) is 0 Å². The second-order valence-corrected chi connectivity index (χ2v) is 7.58. The third-order valence-corrected chi connectivity index (χ3v) is 7.10. The van der Waals surface area contributed by atoms with Gasteiger partial charge in [-0.3, -0.25) is 4.21 Å². The summed E-state index contributed by atoms with van der Waals surface area (Å²) >= 11 is 0. The summed E-state index contributed by atoms with van der Waals surface area (Å²) in [6.07, 6.45) is 9.27. The Hall–Kier alpha value is -0.890. The zero-order valence-corrected chi connectivity index (χ0v) is 11.3. The lowest BCUT2D eigenvalue weighted by molar-refractivity contribution is 0.142. The molecule has 3 aliphatic rings. The van der Waals surface area contributed by atoms with E-state index in [1.165, 1.54) is 24.0 Å². The number of hydrogen-bond donors (Lipinski definition) is 0. The topological polar surface area (TPSA) is 17.1 Å². The smallest absolute Gasteiger partial charge is 0.0341 e. The molecular formula is C16H18OS. The van der Waals surface area contributed by atoms with E-state index in [2.05, 4.69) is 36.4 Å². The highest BCUT2D eigenvalue weighted by atomic mass is 32.2. The molecule has 0 saturated carbocycles. The SMILES string of the molecule is O=[S@]1C[C@@]23CC=CC[C@]2(C1)c1ccccc1CC3. The molecule has 0 bridgehead atoms. The van der Waals surface area contributed by atoms with E-state index in [0.717, 1.165) is 24.3 Å². The normalized spacial score (nSPS) is 41.0. The van der Waals surface area contributed by atoms with E-state index in [4.69, 9.17) is 0 Å². The Morgan fingerprint density at radius 1 is 1.06 bits per heavy atom. The van der Waals surface area contributed by atoms with Crippen LogP contribution in [0, 0.1) is 5.41 Å². The third-order valence-electron chi connectivity index (χ3n) is 5.41. The Kier molecular flexibility index (Phi) is 2.18. The number of hydrogen-bond acceptors (Lipinski definition) is 1. The van der Waals surface area contributed by atoms with Crippen LogP contribution in [0.3, 0.4) is 0 Å². The molecule has 94 valence electrons. The predicted molar refractivity (Wildman–Crippen MR) is 75.1 cm³/mol. The van der Waals surface area contributed by atoms with Gasteiger partial charge in [-0.15, -0.1) is 0 Å². The summed E-state index contributed by atoms with van der Waals surface area (Å²) in [5.74, 6) is 1.81. The molecule has 0 unspecified atom stereocenters. The molecule has 2 aliphatic carbocycles. The molecule has 0 aromatic heterocycles. The lowest BCUT2D eigenvalue weighted by Gasteiger charge is -2.51. The molecule has 1 heterocycles. The van der Waals surface area contributed by atoms with Gasteiger partial charge in [-0.1, -0.05) is 36.4 Å². The highest BCUT2D eigenvalue weighted by molar-refractivity contribution is 7.85. The van der Waals surface area contributed by atoms with Crippen LogP contribution in [0.15, 0.2) is 36.4 Å². The highest BCUT2D eigenvalue weighted by Crippen LogP contribution is 2.60. The van der Waals surface area contributed by atoms with Gasteiger partial charge in [-0.25, -0.2) is 0 Å². The van der Waals surface area contributed by atoms with Gasteiger partial charge in [0.1, 0.15) is 0 Å². The average molecular weight is 258 g/mol. The van der Waals surface area contributed by atoms with Crippen molar-refractivity contribution in [2.24, 2.45) is 5.41 Å². The largest absolute Gasteiger partial charge is 0.260 e. The van der Waals surface area contributed by atoms with Crippen molar-refractivity contribution in [3.05, 3.63) is 47.5 Å². The molecule has 1 saturated heterocycles. The molecule has 1 nitrogen and oxygen atoms in total. The maximum Gasteiger partial charge on any atom is 0.0341 e. The first-order chi connectivity index (χ1) is 8.76. The fourth-order valence-corrected chi connectivity index (χ4v) is 6.90. The molecule has 0 N–H and O–H groups in total. The van der Waals surface area contributed by atoms with Crippen molar-refractivity contribution in [1.29, 1.82) is 0 Å². The van der Waals surface area contributed by atoms with E-state index >= 15 is 0 Å². The first-order valence-electron chi connectivity index (χ1n) is 6.84. The molecule has 1 aliphatic heterocycles. The minimum absolute atomic E-state index is 0.182. The van der Waals surface area contributed by atoms with Crippen LogP contribution in [0.4, 0.5) is 0 Å². The van der Waals surface area contributed by atoms with Crippen LogP contribution >= 0.6 is 0 Å². The fraction of sp³-hybridized carbons (Fsp3) is 0.500. The summed E-state index contributed by atoms with van der Waals surface area (Å²) < 4.78 is 12.3. The van der Waals surface area contributed by atoms with Crippen molar-refractivity contribution < 1.29 is 4.21 Å². The van der Waals surface area contributed by atoms with E-state index in [1.807, 2.05) is 0 Å². The molecule has 3 atom stereocenters. The molecule has 18 heavy (non-hydrogen) atoms. The lowest BCUT2D eigenvalue weighted by Crippen LogP contribution is -2.49. The quantitative estimate of drug-likeness (QED) is 0.654. The van der Waals surface area contributed by atoms with Gasteiger partial charge >= 0.3 is 0 Å². The molecule has 2 heteroatoms. The van der Waals surface area contributed by atoms with Crippen molar-refractivity contribution in [2.75, 3.05) is 11.5 Å². The Labute approximate surface area is 111 Å². The third kappa shape index (κ3) is 1.20. The molecule has 1 aromatic rings. The summed E-state index contributed by atoms with van der Waals surface area (Å²) in [7, 11) is -0.628. The average Bonchev–Trinajstić information content (AvgIpc) is 2.71. The molecule has 1 aromatic carbocycles. The predicted octanol–water partition coefficient (Wildman–Crippen LogP) is 2.97. The van der Waals surface area contributed by atoms with Crippen LogP contribution in [-0.4, -0.2) is 15.7 Å². The van der Waals surface area contributed by atoms with Crippen molar-refractivity contribution >= 4 is 10.8 Å². The molecule has 0 amide bonds. The maximum atomic E-state index is 12.3. The van der Waals surface area contributed by atoms with Crippen LogP contribution in [0.2, 0.25) is 0 Å². The molecular weight excluding hydrogens is 240 g/mol. The standard InChI is InChI=1S/C16H18OS/c17-18-11-15-8-3-4-9-16(15,12-18)14-6-2-1-5-13(14)7-10-15/h1-6H,7-12H2/t15-,16-,18-/m0/s1. The van der Waals surface area contributed by atoms with Crippen LogP contribution in [0.5, 0.6) is 0 Å². The van der Waals surface area contributed by atoms with Crippen molar-refractivity contribution in [3.8, 4) is 0 Å². The van der Waals surface area contributed by atoms with Gasteiger partial charge in [-0.05, 0) is 42.2 Å². The Morgan fingerprint density at radius 2 is 1.89 bits per heavy atom.